The number of amides is 1. The van der Waals surface area contributed by atoms with E-state index in [2.05, 4.69) is 11.9 Å². The molecule has 0 spiro atoms. The van der Waals surface area contributed by atoms with E-state index in [1.165, 1.54) is 18.4 Å². The van der Waals surface area contributed by atoms with Crippen LogP contribution in [0.15, 0.2) is 24.3 Å². The molecule has 1 atom stereocenters. The fourth-order valence-corrected chi connectivity index (χ4v) is 2.39. The van der Waals surface area contributed by atoms with Crippen LogP contribution in [0.1, 0.15) is 28.8 Å². The Hall–Kier alpha value is -1.10. The molecule has 1 fully saturated rings. The number of benzene rings is 1. The summed E-state index contributed by atoms with van der Waals surface area (Å²) in [5.74, 6) is 0.387. The molecule has 2 rings (SSSR count). The molecule has 0 heterocycles. The predicted molar refractivity (Wildman–Crippen MR) is 79.2 cm³/mol. The van der Waals surface area contributed by atoms with Crippen LogP contribution in [0, 0.1) is 5.92 Å². The van der Waals surface area contributed by atoms with Gasteiger partial charge in [-0.2, -0.15) is 0 Å². The molecule has 106 valence electrons. The monoisotopic (exact) mass is 283 g/mol. The van der Waals surface area contributed by atoms with E-state index in [0.29, 0.717) is 18.2 Å². The van der Waals surface area contributed by atoms with E-state index in [-0.39, 0.29) is 18.3 Å². The summed E-state index contributed by atoms with van der Waals surface area (Å²) in [4.78, 5) is 13.3. The lowest BCUT2D eigenvalue weighted by Gasteiger charge is -2.27. The highest BCUT2D eigenvalue weighted by Crippen LogP contribution is 2.34. The van der Waals surface area contributed by atoms with Crippen molar-refractivity contribution in [1.29, 1.82) is 0 Å². The summed E-state index contributed by atoms with van der Waals surface area (Å²) in [5, 5.41) is 0. The van der Waals surface area contributed by atoms with Crippen molar-refractivity contribution in [2.45, 2.75) is 25.4 Å². The normalized spacial score (nSPS) is 15.9. The van der Waals surface area contributed by atoms with Crippen LogP contribution in [-0.4, -0.2) is 30.4 Å². The second-order valence-corrected chi connectivity index (χ2v) is 5.12. The third kappa shape index (κ3) is 4.20. The minimum atomic E-state index is -0.382. The Morgan fingerprint density at radius 2 is 1.95 bits per heavy atom. The van der Waals surface area contributed by atoms with Gasteiger partial charge in [0.05, 0.1) is 0 Å². The summed E-state index contributed by atoms with van der Waals surface area (Å²) in [5.41, 5.74) is 12.8. The van der Waals surface area contributed by atoms with Gasteiger partial charge in [-0.05, 0) is 43.5 Å². The van der Waals surface area contributed by atoms with E-state index in [0.717, 1.165) is 12.5 Å². The van der Waals surface area contributed by atoms with E-state index < -0.39 is 0 Å². The van der Waals surface area contributed by atoms with Crippen LogP contribution in [0.2, 0.25) is 0 Å². The van der Waals surface area contributed by atoms with Gasteiger partial charge in [0.2, 0.25) is 5.91 Å². The number of primary amides is 1. The zero-order valence-corrected chi connectivity index (χ0v) is 12.0. The molecule has 1 amide bonds. The summed E-state index contributed by atoms with van der Waals surface area (Å²) in [6, 6.07) is 7.94. The molecule has 1 saturated carbocycles. The quantitative estimate of drug-likeness (QED) is 0.828. The first-order valence-corrected chi connectivity index (χ1v) is 6.41. The third-order valence-corrected chi connectivity index (χ3v) is 3.64. The molecule has 1 aromatic rings. The Bertz CT molecular complexity index is 417. The van der Waals surface area contributed by atoms with Crippen LogP contribution in [0.3, 0.4) is 0 Å². The molecule has 0 aliphatic heterocycles. The van der Waals surface area contributed by atoms with E-state index in [4.69, 9.17) is 11.5 Å². The van der Waals surface area contributed by atoms with Crippen molar-refractivity contribution in [2.24, 2.45) is 17.4 Å². The van der Waals surface area contributed by atoms with Crippen molar-refractivity contribution in [3.05, 3.63) is 35.4 Å². The van der Waals surface area contributed by atoms with Crippen molar-refractivity contribution in [3.8, 4) is 0 Å². The number of nitrogens with two attached hydrogens (primary N) is 2. The van der Waals surface area contributed by atoms with Gasteiger partial charge in [0, 0.05) is 24.7 Å². The number of halogens is 1. The maximum atomic E-state index is 11.0. The van der Waals surface area contributed by atoms with E-state index in [1.54, 1.807) is 12.1 Å². The second kappa shape index (κ2) is 6.89. The summed E-state index contributed by atoms with van der Waals surface area (Å²) in [6.07, 6.45) is 2.60. The molecule has 1 aromatic carbocycles. The van der Waals surface area contributed by atoms with Gasteiger partial charge in [0.1, 0.15) is 0 Å². The van der Waals surface area contributed by atoms with Gasteiger partial charge in [-0.15, -0.1) is 12.4 Å². The second-order valence-electron chi connectivity index (χ2n) is 5.12. The van der Waals surface area contributed by atoms with E-state index >= 15 is 0 Å². The van der Waals surface area contributed by atoms with Crippen LogP contribution in [0.5, 0.6) is 0 Å². The van der Waals surface area contributed by atoms with Crippen LogP contribution in [0.25, 0.3) is 0 Å². The van der Waals surface area contributed by atoms with Crippen molar-refractivity contribution in [1.82, 2.24) is 4.90 Å². The Morgan fingerprint density at radius 3 is 2.37 bits per heavy atom. The first-order valence-electron chi connectivity index (χ1n) is 6.41. The van der Waals surface area contributed by atoms with Crippen LogP contribution in [0.4, 0.5) is 0 Å². The van der Waals surface area contributed by atoms with Crippen LogP contribution >= 0.6 is 12.4 Å². The topological polar surface area (TPSA) is 72.3 Å². The Kier molecular flexibility index (Phi) is 5.79. The Labute approximate surface area is 120 Å². The van der Waals surface area contributed by atoms with Crippen LogP contribution < -0.4 is 11.5 Å². The molecule has 4 nitrogen and oxygen atoms in total. The molecule has 19 heavy (non-hydrogen) atoms. The van der Waals surface area contributed by atoms with Crippen molar-refractivity contribution in [2.75, 3.05) is 13.6 Å². The summed E-state index contributed by atoms with van der Waals surface area (Å²) in [6.45, 7) is 1.57. The molecule has 1 aliphatic rings. The highest BCUT2D eigenvalue weighted by Gasteiger charge is 2.32. The lowest BCUT2D eigenvalue weighted by Crippen LogP contribution is -2.39. The van der Waals surface area contributed by atoms with Gasteiger partial charge in [-0.1, -0.05) is 12.1 Å². The van der Waals surface area contributed by atoms with E-state index in [1.807, 2.05) is 12.1 Å². The SMILES string of the molecule is CN(Cc1ccc(C(N)=O)cc1)C(CN)C1CC1.Cl. The maximum Gasteiger partial charge on any atom is 0.248 e. The van der Waals surface area contributed by atoms with Crippen molar-refractivity contribution in [3.63, 3.8) is 0 Å². The van der Waals surface area contributed by atoms with Gasteiger partial charge >= 0.3 is 0 Å². The molecule has 0 aromatic heterocycles. The number of carbonyl (C=O) groups excluding carboxylic acids is 1. The molecular formula is C14H22ClN3O. The van der Waals surface area contributed by atoms with Crippen molar-refractivity contribution < 1.29 is 4.79 Å². The standard InChI is InChI=1S/C14H21N3O.ClH/c1-17(13(8-15)11-6-7-11)9-10-2-4-12(5-3-10)14(16)18;/h2-5,11,13H,6-9,15H2,1H3,(H2,16,18);1H. The molecule has 1 unspecified atom stereocenters. The molecular weight excluding hydrogens is 262 g/mol. The van der Waals surface area contributed by atoms with Gasteiger partial charge in [0.15, 0.2) is 0 Å². The number of hydrogen-bond acceptors (Lipinski definition) is 3. The lowest BCUT2D eigenvalue weighted by atomic mass is 10.1. The number of carbonyl (C=O) groups is 1. The van der Waals surface area contributed by atoms with Crippen molar-refractivity contribution >= 4 is 18.3 Å². The first-order chi connectivity index (χ1) is 8.61. The average Bonchev–Trinajstić information content (AvgIpc) is 3.15. The molecule has 4 N–H and O–H groups in total. The largest absolute Gasteiger partial charge is 0.366 e. The molecule has 0 bridgehead atoms. The predicted octanol–water partition coefficient (Wildman–Crippen LogP) is 1.38. The summed E-state index contributed by atoms with van der Waals surface area (Å²) in [7, 11) is 2.11. The minimum Gasteiger partial charge on any atom is -0.366 e. The highest BCUT2D eigenvalue weighted by atomic mass is 35.5. The molecule has 1 aliphatic carbocycles. The first kappa shape index (κ1) is 16.0. The Balaban J connectivity index is 0.00000180. The fourth-order valence-electron chi connectivity index (χ4n) is 2.39. The van der Waals surface area contributed by atoms with Gasteiger partial charge in [-0.3, -0.25) is 9.69 Å². The van der Waals surface area contributed by atoms with Gasteiger partial charge in [0.25, 0.3) is 0 Å². The number of likely N-dealkylation sites (N-methyl/N-ethyl adjacent to an activating group) is 1. The minimum absolute atomic E-state index is 0. The number of rotatable bonds is 6. The molecule has 0 saturated heterocycles. The van der Waals surface area contributed by atoms with Crippen LogP contribution in [-0.2, 0) is 6.54 Å². The summed E-state index contributed by atoms with van der Waals surface area (Å²) >= 11 is 0. The van der Waals surface area contributed by atoms with E-state index in [9.17, 15) is 4.79 Å². The molecule has 0 radical (unpaired) electrons. The smallest absolute Gasteiger partial charge is 0.248 e. The van der Waals surface area contributed by atoms with Gasteiger partial charge < -0.3 is 11.5 Å². The lowest BCUT2D eigenvalue weighted by molar-refractivity contribution is 0.100. The third-order valence-electron chi connectivity index (χ3n) is 3.64. The molecule has 5 heteroatoms. The zero-order valence-electron chi connectivity index (χ0n) is 11.2. The summed E-state index contributed by atoms with van der Waals surface area (Å²) < 4.78 is 0. The Morgan fingerprint density at radius 1 is 1.37 bits per heavy atom. The number of nitrogens with zero attached hydrogens (tertiary/aromatic N) is 1. The average molecular weight is 284 g/mol. The maximum absolute atomic E-state index is 11.0. The fraction of sp³-hybridized carbons (Fsp3) is 0.500. The highest BCUT2D eigenvalue weighted by molar-refractivity contribution is 5.92. The number of hydrogen-bond donors (Lipinski definition) is 2. The van der Waals surface area contributed by atoms with Gasteiger partial charge in [-0.25, -0.2) is 0 Å². The zero-order chi connectivity index (χ0) is 13.1.